The molecule has 1 atom stereocenters. The molecular formula is C31H32N4O6. The molecule has 4 aromatic rings. The lowest BCUT2D eigenvalue weighted by Crippen LogP contribution is -2.45. The summed E-state index contributed by atoms with van der Waals surface area (Å²) in [5.74, 6) is 1.64. The van der Waals surface area contributed by atoms with Crippen LogP contribution in [0.2, 0.25) is 0 Å². The molecule has 10 heteroatoms. The highest BCUT2D eigenvalue weighted by atomic mass is 16.5. The molecule has 0 saturated carbocycles. The number of hydrogen-bond donors (Lipinski definition) is 3. The van der Waals surface area contributed by atoms with Crippen LogP contribution >= 0.6 is 0 Å². The Morgan fingerprint density at radius 1 is 1.10 bits per heavy atom. The Morgan fingerprint density at radius 2 is 1.88 bits per heavy atom. The largest absolute Gasteiger partial charge is 0.502 e. The van der Waals surface area contributed by atoms with E-state index in [-0.39, 0.29) is 18.2 Å². The summed E-state index contributed by atoms with van der Waals surface area (Å²) in [6.45, 7) is 2.61. The van der Waals surface area contributed by atoms with Crippen LogP contribution in [0.3, 0.4) is 0 Å². The van der Waals surface area contributed by atoms with Gasteiger partial charge in [-0.2, -0.15) is 0 Å². The molecule has 1 aliphatic rings. The maximum absolute atomic E-state index is 13.8. The van der Waals surface area contributed by atoms with Crippen LogP contribution in [0.5, 0.6) is 23.0 Å². The number of aromatic hydroxyl groups is 1. The van der Waals surface area contributed by atoms with Gasteiger partial charge in [-0.05, 0) is 82.8 Å². The minimum absolute atomic E-state index is 0.0707. The van der Waals surface area contributed by atoms with Gasteiger partial charge in [-0.3, -0.25) is 10.1 Å². The number of allylic oxidation sites excluding steroid dienone is 2. The van der Waals surface area contributed by atoms with E-state index in [0.29, 0.717) is 29.7 Å². The maximum atomic E-state index is 13.8. The standard InChI is InChI=1S/C31H32N4O6/c1-19-24(12-20-13-26(39-3)30(36)27(14-20)40-4)23-8-7-21(38-2)15-25(23)28(19)29(34-18-35-10-9-32-17-35)31(37)33-16-22-6-5-11-41-22/h5-15,17,29,34,36H,16,18H2,1-4H3,(H,33,37)/b24-12-. The molecule has 3 N–H and O–H groups in total. The summed E-state index contributed by atoms with van der Waals surface area (Å²) < 4.78 is 23.6. The average Bonchev–Trinajstić information content (AvgIpc) is 3.76. The summed E-state index contributed by atoms with van der Waals surface area (Å²) in [5, 5.41) is 16.8. The predicted molar refractivity (Wildman–Crippen MR) is 154 cm³/mol. The Hall–Kier alpha value is -4.96. The molecule has 2 heterocycles. The molecule has 10 nitrogen and oxygen atoms in total. The maximum Gasteiger partial charge on any atom is 0.242 e. The van der Waals surface area contributed by atoms with E-state index in [9.17, 15) is 9.90 Å². The molecule has 0 spiro atoms. The normalized spacial score (nSPS) is 14.2. The molecule has 2 aromatic heterocycles. The summed E-state index contributed by atoms with van der Waals surface area (Å²) in [6, 6.07) is 12.2. The van der Waals surface area contributed by atoms with Crippen LogP contribution in [-0.4, -0.2) is 47.9 Å². The smallest absolute Gasteiger partial charge is 0.242 e. The number of carbonyl (C=O) groups is 1. The number of phenolic OH excluding ortho intramolecular Hbond substituents is 1. The minimum atomic E-state index is -0.715. The van der Waals surface area contributed by atoms with Crippen LogP contribution in [0.15, 0.2) is 77.4 Å². The van der Waals surface area contributed by atoms with Gasteiger partial charge in [0.2, 0.25) is 11.7 Å². The molecule has 0 fully saturated rings. The van der Waals surface area contributed by atoms with E-state index in [2.05, 4.69) is 15.6 Å². The minimum Gasteiger partial charge on any atom is -0.502 e. The Balaban J connectivity index is 1.60. The summed E-state index contributed by atoms with van der Waals surface area (Å²) in [7, 11) is 4.59. The number of methoxy groups -OCH3 is 3. The number of phenols is 1. The lowest BCUT2D eigenvalue weighted by Gasteiger charge is -2.22. The van der Waals surface area contributed by atoms with Crippen LogP contribution in [0.25, 0.3) is 17.2 Å². The zero-order chi connectivity index (χ0) is 28.9. The van der Waals surface area contributed by atoms with Crippen molar-refractivity contribution >= 4 is 23.1 Å². The van der Waals surface area contributed by atoms with Crippen molar-refractivity contribution < 1.29 is 28.5 Å². The van der Waals surface area contributed by atoms with E-state index in [1.165, 1.54) is 14.2 Å². The number of aromatic nitrogens is 2. The number of carbonyl (C=O) groups excluding carboxylic acids is 1. The summed E-state index contributed by atoms with van der Waals surface area (Å²) in [5.41, 5.74) is 5.23. The van der Waals surface area contributed by atoms with E-state index in [0.717, 1.165) is 33.4 Å². The monoisotopic (exact) mass is 556 g/mol. The topological polar surface area (TPSA) is 120 Å². The molecule has 0 saturated heterocycles. The number of benzene rings is 2. The van der Waals surface area contributed by atoms with Gasteiger partial charge in [-0.25, -0.2) is 4.98 Å². The van der Waals surface area contributed by atoms with Crippen molar-refractivity contribution in [2.45, 2.75) is 26.2 Å². The molecule has 41 heavy (non-hydrogen) atoms. The average molecular weight is 557 g/mol. The van der Waals surface area contributed by atoms with E-state index in [1.807, 2.05) is 48.0 Å². The number of ether oxygens (including phenoxy) is 3. The summed E-state index contributed by atoms with van der Waals surface area (Å²) in [4.78, 5) is 17.9. The molecule has 0 radical (unpaired) electrons. The van der Waals surface area contributed by atoms with Gasteiger partial charge >= 0.3 is 0 Å². The van der Waals surface area contributed by atoms with Crippen molar-refractivity contribution in [3.63, 3.8) is 0 Å². The third kappa shape index (κ3) is 5.68. The third-order valence-corrected chi connectivity index (χ3v) is 7.03. The van der Waals surface area contributed by atoms with Gasteiger partial charge in [0.05, 0.1) is 47.1 Å². The highest BCUT2D eigenvalue weighted by molar-refractivity contribution is 6.11. The Kier molecular flexibility index (Phi) is 8.11. The van der Waals surface area contributed by atoms with Gasteiger partial charge in [-0.1, -0.05) is 6.07 Å². The second kappa shape index (κ2) is 12.1. The van der Waals surface area contributed by atoms with Crippen LogP contribution in [0.1, 0.15) is 29.4 Å². The van der Waals surface area contributed by atoms with E-state index in [4.69, 9.17) is 18.6 Å². The highest BCUT2D eigenvalue weighted by Crippen LogP contribution is 2.46. The lowest BCUT2D eigenvalue weighted by molar-refractivity contribution is -0.122. The number of hydrogen-bond acceptors (Lipinski definition) is 8. The number of rotatable bonds is 11. The van der Waals surface area contributed by atoms with Crippen LogP contribution in [-0.2, 0) is 18.0 Å². The van der Waals surface area contributed by atoms with E-state index in [1.54, 1.807) is 44.1 Å². The molecule has 1 unspecified atom stereocenters. The molecule has 0 bridgehead atoms. The van der Waals surface area contributed by atoms with E-state index < -0.39 is 6.04 Å². The molecule has 212 valence electrons. The van der Waals surface area contributed by atoms with Crippen molar-refractivity contribution in [1.29, 1.82) is 0 Å². The molecule has 0 aliphatic heterocycles. The zero-order valence-electron chi connectivity index (χ0n) is 23.3. The quantitative estimate of drug-likeness (QED) is 0.248. The van der Waals surface area contributed by atoms with Gasteiger partial charge < -0.3 is 33.6 Å². The molecule has 1 amide bonds. The Bertz CT molecular complexity index is 1560. The zero-order valence-corrected chi connectivity index (χ0v) is 23.3. The number of imidazole rings is 1. The SMILES string of the molecule is COc1ccc2c(c1)C(C(NCn1ccnc1)C(=O)NCc1ccco1)=C(C)/C2=C/c1cc(OC)c(O)c(OC)c1. The first-order chi connectivity index (χ1) is 19.9. The third-order valence-electron chi connectivity index (χ3n) is 7.03. The number of nitrogens with one attached hydrogen (secondary N) is 2. The van der Waals surface area contributed by atoms with Crippen LogP contribution in [0.4, 0.5) is 0 Å². The van der Waals surface area contributed by atoms with Crippen molar-refractivity contribution in [3.05, 3.63) is 95.5 Å². The second-order valence-electron chi connectivity index (χ2n) is 9.45. The fraction of sp³-hybridized carbons (Fsp3) is 0.226. The predicted octanol–water partition coefficient (Wildman–Crippen LogP) is 4.47. The summed E-state index contributed by atoms with van der Waals surface area (Å²) >= 11 is 0. The molecular weight excluding hydrogens is 524 g/mol. The number of amides is 1. The van der Waals surface area contributed by atoms with Crippen molar-refractivity contribution in [3.8, 4) is 23.0 Å². The van der Waals surface area contributed by atoms with Gasteiger partial charge in [0.25, 0.3) is 0 Å². The lowest BCUT2D eigenvalue weighted by atomic mass is 9.97. The fourth-order valence-electron chi connectivity index (χ4n) is 4.97. The van der Waals surface area contributed by atoms with E-state index >= 15 is 0 Å². The molecule has 2 aromatic carbocycles. The van der Waals surface area contributed by atoms with Crippen LogP contribution in [0, 0.1) is 0 Å². The van der Waals surface area contributed by atoms with Crippen molar-refractivity contribution in [2.24, 2.45) is 0 Å². The highest BCUT2D eigenvalue weighted by Gasteiger charge is 2.33. The first kappa shape index (κ1) is 27.6. The second-order valence-corrected chi connectivity index (χ2v) is 9.45. The van der Waals surface area contributed by atoms with Gasteiger partial charge in [0, 0.05) is 12.4 Å². The number of nitrogens with zero attached hydrogens (tertiary/aromatic N) is 2. The van der Waals surface area contributed by atoms with Gasteiger partial charge in [0.1, 0.15) is 17.6 Å². The van der Waals surface area contributed by atoms with Crippen molar-refractivity contribution in [2.75, 3.05) is 21.3 Å². The molecule has 1 aliphatic carbocycles. The number of fused-ring (bicyclic) bond motifs is 1. The first-order valence-corrected chi connectivity index (χ1v) is 13.0. The number of furan rings is 1. The molecule has 5 rings (SSSR count). The van der Waals surface area contributed by atoms with Gasteiger partial charge in [-0.15, -0.1) is 0 Å². The Labute approximate surface area is 237 Å². The summed E-state index contributed by atoms with van der Waals surface area (Å²) in [6.07, 6.45) is 8.77. The van der Waals surface area contributed by atoms with Gasteiger partial charge in [0.15, 0.2) is 11.5 Å². The van der Waals surface area contributed by atoms with Crippen molar-refractivity contribution in [1.82, 2.24) is 20.2 Å². The van der Waals surface area contributed by atoms with Crippen LogP contribution < -0.4 is 24.8 Å². The first-order valence-electron chi connectivity index (χ1n) is 13.0. The fourth-order valence-corrected chi connectivity index (χ4v) is 4.97. The Morgan fingerprint density at radius 3 is 2.51 bits per heavy atom.